The maximum atomic E-state index is 12.7. The number of ketones is 1. The summed E-state index contributed by atoms with van der Waals surface area (Å²) in [6, 6.07) is 7.59. The van der Waals surface area contributed by atoms with Gasteiger partial charge in [0.05, 0.1) is 36.1 Å². The summed E-state index contributed by atoms with van der Waals surface area (Å²) in [5, 5.41) is 5.87. The monoisotopic (exact) mass is 421 g/mol. The molecule has 0 bridgehead atoms. The van der Waals surface area contributed by atoms with Gasteiger partial charge in [0.2, 0.25) is 0 Å². The van der Waals surface area contributed by atoms with Crippen LogP contribution >= 0.6 is 0 Å². The summed E-state index contributed by atoms with van der Waals surface area (Å²) in [5.74, 6) is 1.01. The molecule has 2 atom stereocenters. The van der Waals surface area contributed by atoms with Gasteiger partial charge < -0.3 is 9.30 Å². The van der Waals surface area contributed by atoms with Gasteiger partial charge in [-0.25, -0.2) is 0 Å². The van der Waals surface area contributed by atoms with Crippen molar-refractivity contribution in [1.29, 1.82) is 0 Å². The van der Waals surface area contributed by atoms with Gasteiger partial charge in [0.15, 0.2) is 11.2 Å². The Hall–Kier alpha value is -2.89. The zero-order valence-corrected chi connectivity index (χ0v) is 19.2. The van der Waals surface area contributed by atoms with E-state index in [4.69, 9.17) is 9.84 Å². The first-order chi connectivity index (χ1) is 14.6. The summed E-state index contributed by atoms with van der Waals surface area (Å²) in [4.78, 5) is 24.8. The Morgan fingerprint density at radius 1 is 1.32 bits per heavy atom. The van der Waals surface area contributed by atoms with Crippen molar-refractivity contribution in [3.05, 3.63) is 46.2 Å². The van der Waals surface area contributed by atoms with E-state index in [1.165, 1.54) is 6.92 Å². The van der Waals surface area contributed by atoms with E-state index in [1.54, 1.807) is 12.3 Å². The molecule has 6 heteroatoms. The molecule has 0 amide bonds. The SMILES string of the molecule is CC[C@H](C)COc1cccc2c3n(nc12)CC(C(C)(C)C)n1cc(C(C)=O)c(=O)cc1-3. The van der Waals surface area contributed by atoms with Crippen molar-refractivity contribution in [2.24, 2.45) is 11.3 Å². The average Bonchev–Trinajstić information content (AvgIpc) is 3.09. The molecular formula is C25H31N3O3. The molecule has 2 aromatic heterocycles. The molecule has 164 valence electrons. The molecule has 3 aromatic rings. The molecule has 1 unspecified atom stereocenters. The molecule has 0 aliphatic carbocycles. The highest BCUT2D eigenvalue weighted by molar-refractivity contribution is 5.97. The van der Waals surface area contributed by atoms with Crippen LogP contribution in [0.1, 0.15) is 64.4 Å². The van der Waals surface area contributed by atoms with Gasteiger partial charge in [0.1, 0.15) is 11.3 Å². The number of carbonyl (C=O) groups excluding carboxylic acids is 1. The number of pyridine rings is 1. The Bertz CT molecular complexity index is 1210. The summed E-state index contributed by atoms with van der Waals surface area (Å²) in [6.45, 7) is 13.6. The van der Waals surface area contributed by atoms with E-state index in [1.807, 2.05) is 22.9 Å². The van der Waals surface area contributed by atoms with E-state index in [0.29, 0.717) is 19.1 Å². The maximum absolute atomic E-state index is 12.7. The summed E-state index contributed by atoms with van der Waals surface area (Å²) in [5.41, 5.74) is 2.39. The van der Waals surface area contributed by atoms with Crippen molar-refractivity contribution in [1.82, 2.24) is 14.3 Å². The smallest absolute Gasteiger partial charge is 0.193 e. The lowest BCUT2D eigenvalue weighted by Gasteiger charge is -2.38. The Kier molecular flexibility index (Phi) is 5.28. The number of aromatic nitrogens is 3. The zero-order valence-electron chi connectivity index (χ0n) is 19.2. The van der Waals surface area contributed by atoms with Crippen molar-refractivity contribution in [2.45, 2.75) is 60.5 Å². The maximum Gasteiger partial charge on any atom is 0.193 e. The van der Waals surface area contributed by atoms with Crippen LogP contribution in [0.3, 0.4) is 0 Å². The number of nitrogens with zero attached hydrogens (tertiary/aromatic N) is 3. The van der Waals surface area contributed by atoms with Crippen LogP contribution in [-0.4, -0.2) is 26.7 Å². The van der Waals surface area contributed by atoms with Crippen LogP contribution in [-0.2, 0) is 6.54 Å². The molecule has 0 saturated heterocycles. The fourth-order valence-electron chi connectivity index (χ4n) is 4.20. The normalized spacial score (nSPS) is 16.6. The Labute approximate surface area is 182 Å². The van der Waals surface area contributed by atoms with E-state index in [0.717, 1.165) is 34.5 Å². The number of hydrogen-bond acceptors (Lipinski definition) is 4. The molecule has 1 aliphatic heterocycles. The predicted octanol–water partition coefficient (Wildman–Crippen LogP) is 5.09. The molecule has 31 heavy (non-hydrogen) atoms. The third kappa shape index (κ3) is 3.68. The van der Waals surface area contributed by atoms with Gasteiger partial charge in [0.25, 0.3) is 0 Å². The molecule has 0 fully saturated rings. The molecular weight excluding hydrogens is 390 g/mol. The molecule has 6 nitrogen and oxygen atoms in total. The largest absolute Gasteiger partial charge is 0.491 e. The zero-order chi connectivity index (χ0) is 22.5. The molecule has 1 aromatic carbocycles. The molecule has 1 aliphatic rings. The van der Waals surface area contributed by atoms with Gasteiger partial charge in [0, 0.05) is 17.6 Å². The third-order valence-corrected chi connectivity index (χ3v) is 6.34. The van der Waals surface area contributed by atoms with Crippen LogP contribution in [0.5, 0.6) is 5.75 Å². The van der Waals surface area contributed by atoms with Gasteiger partial charge in [-0.3, -0.25) is 14.3 Å². The number of carbonyl (C=O) groups is 1. The van der Waals surface area contributed by atoms with E-state index in [2.05, 4.69) is 39.2 Å². The summed E-state index contributed by atoms with van der Waals surface area (Å²) >= 11 is 0. The van der Waals surface area contributed by atoms with Crippen LogP contribution in [0.2, 0.25) is 0 Å². The van der Waals surface area contributed by atoms with Crippen LogP contribution in [0.15, 0.2) is 35.3 Å². The quantitative estimate of drug-likeness (QED) is 0.538. The average molecular weight is 422 g/mol. The standard InChI is InChI=1S/C25H31N3O3/c1-7-15(2)14-31-21-10-8-9-17-23(21)26-28-13-22(25(4,5)6)27-12-18(16(3)29)20(30)11-19(27)24(17)28/h8-12,15,22H,7,13-14H2,1-6H3/t15-,22?/m0/s1. The second-order valence-electron chi connectivity index (χ2n) is 9.79. The lowest BCUT2D eigenvalue weighted by molar-refractivity contribution is 0.101. The number of rotatable bonds is 5. The molecule has 0 N–H and O–H groups in total. The van der Waals surface area contributed by atoms with E-state index in [9.17, 15) is 9.59 Å². The van der Waals surface area contributed by atoms with Gasteiger partial charge in [-0.1, -0.05) is 53.2 Å². The van der Waals surface area contributed by atoms with Gasteiger partial charge >= 0.3 is 0 Å². The third-order valence-electron chi connectivity index (χ3n) is 6.34. The number of hydrogen-bond donors (Lipinski definition) is 0. The Morgan fingerprint density at radius 2 is 2.06 bits per heavy atom. The van der Waals surface area contributed by atoms with Crippen molar-refractivity contribution in [3.63, 3.8) is 0 Å². The summed E-state index contributed by atoms with van der Waals surface area (Å²) in [7, 11) is 0. The van der Waals surface area contributed by atoms with E-state index >= 15 is 0 Å². The molecule has 0 radical (unpaired) electrons. The second-order valence-corrected chi connectivity index (χ2v) is 9.79. The number of benzene rings is 1. The number of fused-ring (bicyclic) bond motifs is 5. The van der Waals surface area contributed by atoms with Crippen molar-refractivity contribution in [2.75, 3.05) is 6.61 Å². The van der Waals surface area contributed by atoms with Crippen LogP contribution in [0.4, 0.5) is 0 Å². The lowest BCUT2D eigenvalue weighted by atomic mass is 9.84. The molecule has 0 spiro atoms. The fourth-order valence-corrected chi connectivity index (χ4v) is 4.20. The van der Waals surface area contributed by atoms with Gasteiger partial charge in [-0.2, -0.15) is 5.10 Å². The first-order valence-corrected chi connectivity index (χ1v) is 11.0. The highest BCUT2D eigenvalue weighted by atomic mass is 16.5. The first kappa shape index (κ1) is 21.3. The van der Waals surface area contributed by atoms with Crippen LogP contribution < -0.4 is 10.2 Å². The lowest BCUT2D eigenvalue weighted by Crippen LogP contribution is -2.35. The highest BCUT2D eigenvalue weighted by Gasteiger charge is 2.35. The molecule has 4 rings (SSSR count). The predicted molar refractivity (Wildman–Crippen MR) is 123 cm³/mol. The summed E-state index contributed by atoms with van der Waals surface area (Å²) in [6.07, 6.45) is 2.79. The Balaban J connectivity index is 1.94. The first-order valence-electron chi connectivity index (χ1n) is 11.0. The molecule has 3 heterocycles. The second kappa shape index (κ2) is 7.66. The fraction of sp³-hybridized carbons (Fsp3) is 0.480. The minimum Gasteiger partial charge on any atom is -0.491 e. The topological polar surface area (TPSA) is 66.1 Å². The molecule has 0 saturated carbocycles. The van der Waals surface area contributed by atoms with Crippen molar-refractivity contribution < 1.29 is 9.53 Å². The van der Waals surface area contributed by atoms with Gasteiger partial charge in [-0.15, -0.1) is 0 Å². The highest BCUT2D eigenvalue weighted by Crippen LogP contribution is 2.43. The van der Waals surface area contributed by atoms with Crippen molar-refractivity contribution >= 4 is 16.7 Å². The minimum atomic E-state index is -0.251. The van der Waals surface area contributed by atoms with Gasteiger partial charge in [-0.05, 0) is 24.3 Å². The van der Waals surface area contributed by atoms with E-state index in [-0.39, 0.29) is 28.2 Å². The van der Waals surface area contributed by atoms with Crippen LogP contribution in [0, 0.1) is 11.3 Å². The summed E-state index contributed by atoms with van der Waals surface area (Å²) < 4.78 is 10.2. The number of Topliss-reactive ketones (excluding diaryl/α,β-unsaturated/α-hetero) is 1. The minimum absolute atomic E-state index is 0.0486. The van der Waals surface area contributed by atoms with Crippen LogP contribution in [0.25, 0.3) is 22.3 Å². The van der Waals surface area contributed by atoms with E-state index < -0.39 is 0 Å². The number of ether oxygens (including phenoxy) is 1. The Morgan fingerprint density at radius 3 is 2.71 bits per heavy atom. The van der Waals surface area contributed by atoms with Crippen molar-refractivity contribution in [3.8, 4) is 17.1 Å².